The molecule has 0 saturated heterocycles. The lowest BCUT2D eigenvalue weighted by molar-refractivity contribution is 1.10. The highest BCUT2D eigenvalue weighted by Crippen LogP contribution is 2.31. The normalized spacial score (nSPS) is 10.8. The summed E-state index contributed by atoms with van der Waals surface area (Å²) >= 11 is 12.2. The fourth-order valence-electron chi connectivity index (χ4n) is 1.63. The van der Waals surface area contributed by atoms with Crippen LogP contribution in [0.15, 0.2) is 18.2 Å². The fourth-order valence-corrected chi connectivity index (χ4v) is 2.04. The molecule has 16 heavy (non-hydrogen) atoms. The van der Waals surface area contributed by atoms with Gasteiger partial charge in [-0.25, -0.2) is 10.8 Å². The summed E-state index contributed by atoms with van der Waals surface area (Å²) in [6, 6.07) is 5.46. The second-order valence-corrected chi connectivity index (χ2v) is 4.23. The van der Waals surface area contributed by atoms with Crippen molar-refractivity contribution in [2.75, 3.05) is 5.43 Å². The van der Waals surface area contributed by atoms with Gasteiger partial charge in [0.05, 0.1) is 15.6 Å². The minimum absolute atomic E-state index is 0.568. The number of halogens is 2. The zero-order chi connectivity index (χ0) is 11.7. The van der Waals surface area contributed by atoms with Crippen LogP contribution < -0.4 is 11.3 Å². The number of nitrogens with one attached hydrogen (secondary N) is 1. The second kappa shape index (κ2) is 4.45. The van der Waals surface area contributed by atoms with E-state index < -0.39 is 0 Å². The van der Waals surface area contributed by atoms with Crippen molar-refractivity contribution >= 4 is 39.9 Å². The maximum absolute atomic E-state index is 6.10. The lowest BCUT2D eigenvalue weighted by Crippen LogP contribution is -2.11. The Bertz CT molecular complexity index is 492. The molecular weight excluding hydrogens is 245 g/mol. The van der Waals surface area contributed by atoms with Gasteiger partial charge < -0.3 is 5.43 Å². The minimum atomic E-state index is 0.568. The maximum Gasteiger partial charge on any atom is 0.143 e. The van der Waals surface area contributed by atoms with Crippen LogP contribution in [0.1, 0.15) is 12.5 Å². The molecule has 1 aromatic carbocycles. The molecule has 0 aliphatic rings. The quantitative estimate of drug-likeness (QED) is 0.639. The standard InChI is InChI=1S/C11H11Cl2N3/c1-2-6-5-7-8(12)3-4-9(13)10(7)15-11(6)16-14/h3-5H,2,14H2,1H3,(H,15,16). The molecule has 0 fully saturated rings. The number of fused-ring (bicyclic) bond motifs is 1. The molecule has 5 heteroatoms. The van der Waals surface area contributed by atoms with Crippen LogP contribution in [0, 0.1) is 0 Å². The number of aryl methyl sites for hydroxylation is 1. The third-order valence-electron chi connectivity index (χ3n) is 2.48. The fraction of sp³-hybridized carbons (Fsp3) is 0.182. The number of pyridine rings is 1. The van der Waals surface area contributed by atoms with Gasteiger partial charge in [-0.1, -0.05) is 30.1 Å². The first-order chi connectivity index (χ1) is 7.67. The summed E-state index contributed by atoms with van der Waals surface area (Å²) in [5.74, 6) is 6.05. The molecule has 0 spiro atoms. The van der Waals surface area contributed by atoms with Crippen molar-refractivity contribution in [2.24, 2.45) is 5.84 Å². The topological polar surface area (TPSA) is 50.9 Å². The smallest absolute Gasteiger partial charge is 0.143 e. The van der Waals surface area contributed by atoms with E-state index in [-0.39, 0.29) is 0 Å². The molecule has 0 radical (unpaired) electrons. The molecule has 3 N–H and O–H groups in total. The predicted molar refractivity (Wildman–Crippen MR) is 69.0 cm³/mol. The molecule has 84 valence electrons. The van der Waals surface area contributed by atoms with Gasteiger partial charge in [0.1, 0.15) is 5.82 Å². The SMILES string of the molecule is CCc1cc2c(Cl)ccc(Cl)c2nc1NN. The summed E-state index contributed by atoms with van der Waals surface area (Å²) < 4.78 is 0. The molecule has 0 atom stereocenters. The van der Waals surface area contributed by atoms with Crippen molar-refractivity contribution in [3.63, 3.8) is 0 Å². The largest absolute Gasteiger partial charge is 0.308 e. The van der Waals surface area contributed by atoms with Gasteiger partial charge >= 0.3 is 0 Å². The second-order valence-electron chi connectivity index (χ2n) is 3.42. The Morgan fingerprint density at radius 2 is 2.00 bits per heavy atom. The molecule has 0 unspecified atom stereocenters. The van der Waals surface area contributed by atoms with Crippen molar-refractivity contribution in [1.29, 1.82) is 0 Å². The number of aromatic nitrogens is 1. The maximum atomic E-state index is 6.10. The Hall–Kier alpha value is -1.03. The van der Waals surface area contributed by atoms with E-state index in [4.69, 9.17) is 29.0 Å². The lowest BCUT2D eigenvalue weighted by Gasteiger charge is -2.09. The van der Waals surface area contributed by atoms with E-state index in [1.54, 1.807) is 12.1 Å². The van der Waals surface area contributed by atoms with Crippen molar-refractivity contribution in [3.05, 3.63) is 33.8 Å². The van der Waals surface area contributed by atoms with Crippen LogP contribution in [0.5, 0.6) is 0 Å². The molecule has 0 saturated carbocycles. The van der Waals surface area contributed by atoms with Crippen LogP contribution in [0.25, 0.3) is 10.9 Å². The zero-order valence-corrected chi connectivity index (χ0v) is 10.2. The summed E-state index contributed by atoms with van der Waals surface area (Å²) in [6.45, 7) is 2.03. The Labute approximate surface area is 104 Å². The first-order valence-electron chi connectivity index (χ1n) is 4.91. The molecule has 1 heterocycles. The number of nitrogen functional groups attached to an aromatic ring is 1. The van der Waals surface area contributed by atoms with Gasteiger partial charge in [-0.15, -0.1) is 0 Å². The number of anilines is 1. The van der Waals surface area contributed by atoms with Gasteiger partial charge in [0.15, 0.2) is 0 Å². The molecule has 0 aliphatic heterocycles. The molecule has 2 aromatic rings. The average Bonchev–Trinajstić information content (AvgIpc) is 2.32. The highest BCUT2D eigenvalue weighted by Gasteiger charge is 2.09. The number of nitrogens with two attached hydrogens (primary N) is 1. The van der Waals surface area contributed by atoms with Crippen LogP contribution in [-0.2, 0) is 6.42 Å². The minimum Gasteiger partial charge on any atom is -0.308 e. The Morgan fingerprint density at radius 1 is 1.31 bits per heavy atom. The van der Waals surface area contributed by atoms with E-state index in [2.05, 4.69) is 10.4 Å². The third-order valence-corrected chi connectivity index (χ3v) is 3.11. The molecule has 0 bridgehead atoms. The number of hydrazine groups is 1. The van der Waals surface area contributed by atoms with Gasteiger partial charge in [-0.2, -0.15) is 0 Å². The average molecular weight is 256 g/mol. The number of hydrogen-bond donors (Lipinski definition) is 2. The first-order valence-corrected chi connectivity index (χ1v) is 5.67. The van der Waals surface area contributed by atoms with E-state index in [9.17, 15) is 0 Å². The summed E-state index contributed by atoms with van der Waals surface area (Å²) in [7, 11) is 0. The van der Waals surface area contributed by atoms with Crippen LogP contribution in [0.2, 0.25) is 10.0 Å². The molecule has 3 nitrogen and oxygen atoms in total. The van der Waals surface area contributed by atoms with E-state index in [1.165, 1.54) is 0 Å². The molecule has 0 amide bonds. The number of benzene rings is 1. The Balaban J connectivity index is 2.82. The summed E-state index contributed by atoms with van der Waals surface area (Å²) in [6.07, 6.45) is 0.825. The third kappa shape index (κ3) is 1.82. The van der Waals surface area contributed by atoms with Gasteiger partial charge in [-0.3, -0.25) is 0 Å². The van der Waals surface area contributed by atoms with Gasteiger partial charge in [0.2, 0.25) is 0 Å². The zero-order valence-electron chi connectivity index (χ0n) is 8.72. The highest BCUT2D eigenvalue weighted by molar-refractivity contribution is 6.39. The van der Waals surface area contributed by atoms with Crippen LogP contribution in [-0.4, -0.2) is 4.98 Å². The molecule has 2 rings (SSSR count). The van der Waals surface area contributed by atoms with E-state index in [0.717, 1.165) is 17.4 Å². The predicted octanol–water partition coefficient (Wildman–Crippen LogP) is 3.39. The molecular formula is C11H11Cl2N3. The first kappa shape index (κ1) is 11.5. The van der Waals surface area contributed by atoms with Gasteiger partial charge in [0.25, 0.3) is 0 Å². The van der Waals surface area contributed by atoms with Crippen LogP contribution in [0.3, 0.4) is 0 Å². The van der Waals surface area contributed by atoms with Crippen molar-refractivity contribution < 1.29 is 0 Å². The highest BCUT2D eigenvalue weighted by atomic mass is 35.5. The van der Waals surface area contributed by atoms with Crippen LogP contribution >= 0.6 is 23.2 Å². The number of hydrogen-bond acceptors (Lipinski definition) is 3. The van der Waals surface area contributed by atoms with Gasteiger partial charge in [-0.05, 0) is 30.2 Å². The summed E-state index contributed by atoms with van der Waals surface area (Å²) in [5.41, 5.74) is 4.25. The van der Waals surface area contributed by atoms with Crippen molar-refractivity contribution in [3.8, 4) is 0 Å². The number of rotatable bonds is 2. The van der Waals surface area contributed by atoms with E-state index >= 15 is 0 Å². The van der Waals surface area contributed by atoms with Crippen molar-refractivity contribution in [2.45, 2.75) is 13.3 Å². The summed E-state index contributed by atoms with van der Waals surface area (Å²) in [4.78, 5) is 4.37. The number of nitrogens with zero attached hydrogens (tertiary/aromatic N) is 1. The van der Waals surface area contributed by atoms with E-state index in [0.29, 0.717) is 21.4 Å². The van der Waals surface area contributed by atoms with Crippen molar-refractivity contribution in [1.82, 2.24) is 4.98 Å². The Morgan fingerprint density at radius 3 is 2.62 bits per heavy atom. The molecule has 1 aromatic heterocycles. The summed E-state index contributed by atoms with van der Waals surface area (Å²) in [5, 5.41) is 2.06. The molecule has 0 aliphatic carbocycles. The Kier molecular flexibility index (Phi) is 3.19. The van der Waals surface area contributed by atoms with E-state index in [1.807, 2.05) is 13.0 Å². The van der Waals surface area contributed by atoms with Gasteiger partial charge in [0, 0.05) is 5.39 Å². The monoisotopic (exact) mass is 255 g/mol. The van der Waals surface area contributed by atoms with Crippen LogP contribution in [0.4, 0.5) is 5.82 Å². The lowest BCUT2D eigenvalue weighted by atomic mass is 10.1.